The van der Waals surface area contributed by atoms with Crippen molar-refractivity contribution in [2.24, 2.45) is 0 Å². The number of esters is 2. The van der Waals surface area contributed by atoms with Crippen molar-refractivity contribution < 1.29 is 38.9 Å². The van der Waals surface area contributed by atoms with E-state index in [1.807, 2.05) is 0 Å². The fourth-order valence-electron chi connectivity index (χ4n) is 2.48. The summed E-state index contributed by atoms with van der Waals surface area (Å²) in [5.41, 5.74) is -0.353. The molecular weight excluding hydrogens is 420 g/mol. The molecule has 10 heteroatoms. The molecule has 0 saturated heterocycles. The predicted molar refractivity (Wildman–Crippen MR) is 110 cm³/mol. The van der Waals surface area contributed by atoms with E-state index in [0.717, 1.165) is 12.1 Å². The van der Waals surface area contributed by atoms with Gasteiger partial charge < -0.3 is 41.6 Å². The van der Waals surface area contributed by atoms with Crippen LogP contribution in [0.2, 0.25) is 0 Å². The highest BCUT2D eigenvalue weighted by Crippen LogP contribution is 2.22. The van der Waals surface area contributed by atoms with E-state index in [1.54, 1.807) is 0 Å². The molecule has 0 saturated carbocycles. The Kier molecular flexibility index (Phi) is 8.78. The first-order valence-corrected chi connectivity index (χ1v) is 8.51. The molecule has 10 nitrogen and oxygen atoms in total. The number of aromatic carboxylic acids is 2. The number of carboxylic acid groups (broad SMARTS) is 2. The Labute approximate surface area is 182 Å². The van der Waals surface area contributed by atoms with Crippen LogP contribution in [0.3, 0.4) is 0 Å². The van der Waals surface area contributed by atoms with Gasteiger partial charge >= 0.3 is 11.9 Å². The third-order valence-corrected chi connectivity index (χ3v) is 3.89. The summed E-state index contributed by atoms with van der Waals surface area (Å²) in [5.74, 6) is -4.39. The Morgan fingerprint density at radius 2 is 0.875 bits per heavy atom. The number of benzene rings is 3. The van der Waals surface area contributed by atoms with Gasteiger partial charge in [-0.05, 0) is 47.5 Å². The van der Waals surface area contributed by atoms with Gasteiger partial charge in [0.25, 0.3) is 0 Å². The summed E-state index contributed by atoms with van der Waals surface area (Å²) >= 11 is 0. The maximum Gasteiger partial charge on any atom is 0.343 e. The molecule has 0 fully saturated rings. The molecule has 0 amide bonds. The second-order valence-electron chi connectivity index (χ2n) is 5.99. The van der Waals surface area contributed by atoms with Gasteiger partial charge in [-0.15, -0.1) is 0 Å². The van der Waals surface area contributed by atoms with Crippen molar-refractivity contribution in [3.8, 4) is 11.5 Å². The van der Waals surface area contributed by atoms with Crippen molar-refractivity contribution in [2.45, 2.75) is 0 Å². The molecule has 0 heterocycles. The quantitative estimate of drug-likeness (QED) is 0.424. The van der Waals surface area contributed by atoms with Crippen molar-refractivity contribution in [1.29, 1.82) is 0 Å². The van der Waals surface area contributed by atoms with E-state index in [2.05, 4.69) is 0 Å². The van der Waals surface area contributed by atoms with E-state index in [-0.39, 0.29) is 46.1 Å². The fourth-order valence-corrected chi connectivity index (χ4v) is 2.48. The van der Waals surface area contributed by atoms with Crippen LogP contribution in [-0.4, -0.2) is 23.9 Å². The lowest BCUT2D eigenvalue weighted by Gasteiger charge is -2.09. The first-order valence-electron chi connectivity index (χ1n) is 8.51. The van der Waals surface area contributed by atoms with Gasteiger partial charge in [0.2, 0.25) is 0 Å². The molecule has 0 aliphatic heterocycles. The number of carbonyl (C=O) groups excluding carboxylic acids is 4. The summed E-state index contributed by atoms with van der Waals surface area (Å²) in [6.45, 7) is 0. The predicted octanol–water partition coefficient (Wildman–Crippen LogP) is 1.60. The third kappa shape index (κ3) is 6.23. The SMILES string of the molecule is O=C([O-])c1cccc(C(=O)Oc2cccc(OC(=O)c3cccc(C(=O)[O-])c3)c2)c1.[NH4+].[NH4+]. The first-order chi connectivity index (χ1) is 14.3. The summed E-state index contributed by atoms with van der Waals surface area (Å²) in [6, 6.07) is 15.9. The van der Waals surface area contributed by atoms with Crippen molar-refractivity contribution in [2.75, 3.05) is 0 Å². The molecule has 0 spiro atoms. The van der Waals surface area contributed by atoms with E-state index >= 15 is 0 Å². The van der Waals surface area contributed by atoms with Crippen LogP contribution in [0.1, 0.15) is 41.4 Å². The van der Waals surface area contributed by atoms with Crippen molar-refractivity contribution in [3.05, 3.63) is 95.1 Å². The van der Waals surface area contributed by atoms with E-state index in [0.29, 0.717) is 0 Å². The minimum Gasteiger partial charge on any atom is -0.545 e. The average molecular weight is 440 g/mol. The Morgan fingerprint density at radius 1 is 0.531 bits per heavy atom. The summed E-state index contributed by atoms with van der Waals surface area (Å²) in [4.78, 5) is 46.3. The lowest BCUT2D eigenvalue weighted by Crippen LogP contribution is -2.22. The molecular formula is C22H20N2O8. The van der Waals surface area contributed by atoms with Crippen LogP contribution in [0.15, 0.2) is 72.8 Å². The average Bonchev–Trinajstić information content (AvgIpc) is 2.74. The summed E-state index contributed by atoms with van der Waals surface area (Å²) in [7, 11) is 0. The Morgan fingerprint density at radius 3 is 1.25 bits per heavy atom. The standard InChI is InChI=1S/C22H14O8.2H3N/c23-19(24)13-4-1-6-15(10-13)21(27)29-17-8-3-9-18(12-17)30-22(28)16-7-2-5-14(11-16)20(25)26;;/h1-12H,(H,23,24)(H,25,26);2*1H3. The molecule has 0 bridgehead atoms. The Bertz CT molecular complexity index is 1070. The Balaban J connectivity index is 0.00000256. The topological polar surface area (TPSA) is 206 Å². The highest BCUT2D eigenvalue weighted by molar-refractivity contribution is 5.96. The molecule has 0 aromatic heterocycles. The number of hydrogen-bond acceptors (Lipinski definition) is 8. The largest absolute Gasteiger partial charge is 0.545 e. The highest BCUT2D eigenvalue weighted by atomic mass is 16.5. The van der Waals surface area contributed by atoms with Crippen LogP contribution in [0.25, 0.3) is 0 Å². The summed E-state index contributed by atoms with van der Waals surface area (Å²) in [5, 5.41) is 21.8. The molecule has 0 unspecified atom stereocenters. The number of rotatable bonds is 6. The number of ether oxygens (including phenoxy) is 2. The van der Waals surface area contributed by atoms with E-state index in [4.69, 9.17) is 9.47 Å². The molecule has 3 aromatic carbocycles. The van der Waals surface area contributed by atoms with Crippen molar-refractivity contribution in [1.82, 2.24) is 12.3 Å². The maximum absolute atomic E-state index is 12.2. The number of carbonyl (C=O) groups is 4. The zero-order valence-corrected chi connectivity index (χ0v) is 17.2. The van der Waals surface area contributed by atoms with E-state index in [1.165, 1.54) is 60.7 Å². The minimum atomic E-state index is -1.43. The molecule has 0 radical (unpaired) electrons. The number of carboxylic acids is 2. The zero-order chi connectivity index (χ0) is 21.7. The maximum atomic E-state index is 12.2. The normalized spacial score (nSPS) is 9.50. The minimum absolute atomic E-state index is 0. The smallest absolute Gasteiger partial charge is 0.343 e. The zero-order valence-electron chi connectivity index (χ0n) is 17.2. The van der Waals surface area contributed by atoms with Gasteiger partial charge in [-0.2, -0.15) is 0 Å². The van der Waals surface area contributed by atoms with Crippen LogP contribution in [0, 0.1) is 0 Å². The molecule has 3 aromatic rings. The highest BCUT2D eigenvalue weighted by Gasteiger charge is 2.13. The monoisotopic (exact) mass is 440 g/mol. The van der Waals surface area contributed by atoms with Gasteiger partial charge in [-0.25, -0.2) is 9.59 Å². The molecule has 32 heavy (non-hydrogen) atoms. The van der Waals surface area contributed by atoms with Crippen LogP contribution in [-0.2, 0) is 0 Å². The van der Waals surface area contributed by atoms with Gasteiger partial charge in [0.05, 0.1) is 23.1 Å². The van der Waals surface area contributed by atoms with Crippen LogP contribution in [0.4, 0.5) is 0 Å². The van der Waals surface area contributed by atoms with Crippen LogP contribution in [0.5, 0.6) is 11.5 Å². The molecule has 166 valence electrons. The fraction of sp³-hybridized carbons (Fsp3) is 0. The van der Waals surface area contributed by atoms with Crippen molar-refractivity contribution >= 4 is 23.9 Å². The lowest BCUT2D eigenvalue weighted by atomic mass is 10.1. The summed E-state index contributed by atoms with van der Waals surface area (Å²) in [6.07, 6.45) is 0. The number of quaternary nitrogens is 2. The van der Waals surface area contributed by atoms with Crippen molar-refractivity contribution in [3.63, 3.8) is 0 Å². The molecule has 0 aliphatic rings. The van der Waals surface area contributed by atoms with E-state index < -0.39 is 23.9 Å². The van der Waals surface area contributed by atoms with Crippen LogP contribution >= 0.6 is 0 Å². The van der Waals surface area contributed by atoms with Gasteiger partial charge in [0.1, 0.15) is 11.5 Å². The van der Waals surface area contributed by atoms with E-state index in [9.17, 15) is 29.4 Å². The van der Waals surface area contributed by atoms with Gasteiger partial charge in [-0.1, -0.05) is 30.3 Å². The lowest BCUT2D eigenvalue weighted by molar-refractivity contribution is -0.256. The van der Waals surface area contributed by atoms with Gasteiger partial charge in [0.15, 0.2) is 0 Å². The molecule has 0 atom stereocenters. The summed E-state index contributed by atoms with van der Waals surface area (Å²) < 4.78 is 10.4. The molecule has 3 rings (SSSR count). The molecule has 8 N–H and O–H groups in total. The van der Waals surface area contributed by atoms with Gasteiger partial charge in [0, 0.05) is 6.07 Å². The Hall–Kier alpha value is -4.54. The van der Waals surface area contributed by atoms with Gasteiger partial charge in [-0.3, -0.25) is 0 Å². The first kappa shape index (κ1) is 25.5. The third-order valence-electron chi connectivity index (χ3n) is 3.89. The number of hydrogen-bond donors (Lipinski definition) is 2. The van der Waals surface area contributed by atoms with Crippen LogP contribution < -0.4 is 32.0 Å². The molecule has 0 aliphatic carbocycles. The second-order valence-corrected chi connectivity index (χ2v) is 5.99. The second kappa shape index (κ2) is 11.0.